The third-order valence-electron chi connectivity index (χ3n) is 15.1. The molecule has 2 saturated heterocycles. The van der Waals surface area contributed by atoms with Crippen molar-refractivity contribution < 1.29 is 41.8 Å². The number of esters is 1. The molecular weight excluding hydrogens is 809 g/mol. The van der Waals surface area contributed by atoms with E-state index in [0.29, 0.717) is 50.5 Å². The van der Waals surface area contributed by atoms with Crippen LogP contribution in [0.5, 0.6) is 11.6 Å². The summed E-state index contributed by atoms with van der Waals surface area (Å²) in [5.41, 5.74) is 0.377. The van der Waals surface area contributed by atoms with Gasteiger partial charge >= 0.3 is 5.97 Å². The summed E-state index contributed by atoms with van der Waals surface area (Å²) in [5.74, 6) is -1.10. The summed E-state index contributed by atoms with van der Waals surface area (Å²) in [4.78, 5) is 66.5. The van der Waals surface area contributed by atoms with Crippen LogP contribution in [-0.4, -0.2) is 103 Å². The van der Waals surface area contributed by atoms with E-state index in [-0.39, 0.29) is 55.5 Å². The first-order valence-corrected chi connectivity index (χ1v) is 25.1. The van der Waals surface area contributed by atoms with Gasteiger partial charge in [-0.05, 0) is 121 Å². The van der Waals surface area contributed by atoms with Crippen LogP contribution in [0.4, 0.5) is 0 Å². The van der Waals surface area contributed by atoms with Crippen LogP contribution in [0.15, 0.2) is 36.4 Å². The average Bonchev–Trinajstić information content (AvgIpc) is 4.19. The van der Waals surface area contributed by atoms with Crippen molar-refractivity contribution in [3.63, 3.8) is 0 Å². The number of aromatic nitrogens is 1. The highest BCUT2D eigenvalue weighted by molar-refractivity contribution is 7.91. The number of carbonyl (C=O) groups is 4. The van der Waals surface area contributed by atoms with Crippen LogP contribution in [0.25, 0.3) is 10.9 Å². The van der Waals surface area contributed by atoms with E-state index in [1.54, 1.807) is 11.8 Å². The summed E-state index contributed by atoms with van der Waals surface area (Å²) in [6.45, 7) is 5.23. The average molecular weight is 873 g/mol. The van der Waals surface area contributed by atoms with E-state index in [2.05, 4.69) is 9.62 Å². The maximum atomic E-state index is 14.9. The summed E-state index contributed by atoms with van der Waals surface area (Å²) in [6.07, 6.45) is 15.8. The Hall–Kier alpha value is -4.04. The van der Waals surface area contributed by atoms with Gasteiger partial charge in [0.05, 0.1) is 40.2 Å². The summed E-state index contributed by atoms with van der Waals surface area (Å²) in [7, 11) is -3.95. The second kappa shape index (κ2) is 17.9. The third kappa shape index (κ3) is 9.28. The molecule has 1 aromatic carbocycles. The van der Waals surface area contributed by atoms with E-state index in [1.807, 2.05) is 36.4 Å². The summed E-state index contributed by atoms with van der Waals surface area (Å²) >= 11 is 0. The standard InChI is InChI=1S/C48H64N4O9S/c1-47(20-21-47)62(57,58)50-46(56)48-29-34(48)16-8-4-2-3-6-15-33-27-42(54)61-41-26-32(41)14-7-5-9-18-37-43(59-25-24-51-22-12-13-23-51)36-17-10-11-19-38(36)49-44(37)60-35-28-39(40(53)30-48)52(31-35)45(33)55/h8,10-11,16-17,19,32-35,39,41H,2-7,9,12-15,18,20-31H2,1H3,(H,50,56)/b16-8-/t32-,33-,34-,35-,39+,41-,48-/m1/s1. The lowest BCUT2D eigenvalue weighted by Crippen LogP contribution is -2.47. The first-order valence-electron chi connectivity index (χ1n) is 23.6. The van der Waals surface area contributed by atoms with Gasteiger partial charge in [-0.25, -0.2) is 13.4 Å². The van der Waals surface area contributed by atoms with Gasteiger partial charge in [-0.15, -0.1) is 0 Å². The molecule has 1 N–H and O–H groups in total. The van der Waals surface area contributed by atoms with E-state index >= 15 is 0 Å². The van der Waals surface area contributed by atoms with Crippen LogP contribution in [0.3, 0.4) is 0 Å². The number of ether oxygens (including phenoxy) is 3. The van der Waals surface area contributed by atoms with E-state index in [1.165, 1.54) is 12.8 Å². The number of pyridine rings is 1. The Balaban J connectivity index is 1.05. The number of sulfonamides is 1. The number of fused-ring (bicyclic) bond motifs is 6. The molecule has 336 valence electrons. The molecule has 1 aromatic heterocycles. The Bertz CT molecular complexity index is 2180. The second-order valence-corrected chi connectivity index (χ2v) is 21.9. The number of ketones is 1. The van der Waals surface area contributed by atoms with Crippen molar-refractivity contribution in [1.29, 1.82) is 0 Å². The lowest BCUT2D eigenvalue weighted by Gasteiger charge is -2.29. The zero-order valence-corrected chi connectivity index (χ0v) is 37.1. The van der Waals surface area contributed by atoms with E-state index in [0.717, 1.165) is 99.6 Å². The van der Waals surface area contributed by atoms with Crippen molar-refractivity contribution in [1.82, 2.24) is 19.5 Å². The molecule has 2 aromatic rings. The Kier molecular flexibility index (Phi) is 12.4. The molecule has 3 bridgehead atoms. The number of para-hydroxylation sites is 1. The first kappa shape index (κ1) is 43.2. The van der Waals surface area contributed by atoms with Crippen molar-refractivity contribution in [2.45, 2.75) is 152 Å². The van der Waals surface area contributed by atoms with E-state index in [4.69, 9.17) is 19.2 Å². The molecule has 7 aliphatic rings. The van der Waals surface area contributed by atoms with Gasteiger partial charge in [0.15, 0.2) is 5.78 Å². The van der Waals surface area contributed by atoms with E-state index in [9.17, 15) is 27.6 Å². The molecular formula is C48H64N4O9S. The van der Waals surface area contributed by atoms with Crippen LogP contribution in [-0.2, 0) is 40.4 Å². The van der Waals surface area contributed by atoms with Crippen LogP contribution in [0.2, 0.25) is 0 Å². The van der Waals surface area contributed by atoms with Gasteiger partial charge < -0.3 is 19.1 Å². The number of carbonyl (C=O) groups excluding carboxylic acids is 4. The summed E-state index contributed by atoms with van der Waals surface area (Å²) in [5, 5.41) is 0.919. The van der Waals surface area contributed by atoms with Crippen molar-refractivity contribution in [2.24, 2.45) is 23.2 Å². The van der Waals surface area contributed by atoms with E-state index < -0.39 is 44.2 Å². The number of rotatable bonds is 7. The monoisotopic (exact) mass is 872 g/mol. The number of amides is 2. The largest absolute Gasteiger partial charge is 0.491 e. The van der Waals surface area contributed by atoms with Gasteiger partial charge in [0.25, 0.3) is 0 Å². The minimum atomic E-state index is -3.95. The molecule has 9 rings (SSSR count). The topological polar surface area (TPSA) is 162 Å². The molecule has 0 spiro atoms. The van der Waals surface area contributed by atoms with Gasteiger partial charge in [-0.3, -0.25) is 28.8 Å². The Morgan fingerprint density at radius 1 is 0.968 bits per heavy atom. The maximum Gasteiger partial charge on any atom is 0.306 e. The number of nitrogens with one attached hydrogen (secondary N) is 1. The molecule has 3 saturated carbocycles. The highest BCUT2D eigenvalue weighted by Gasteiger charge is 2.62. The smallest absolute Gasteiger partial charge is 0.306 e. The van der Waals surface area contributed by atoms with Crippen LogP contribution < -0.4 is 14.2 Å². The fourth-order valence-electron chi connectivity index (χ4n) is 10.5. The molecule has 4 aliphatic heterocycles. The number of likely N-dealkylation sites (tertiary alicyclic amines) is 1. The van der Waals surface area contributed by atoms with Gasteiger partial charge in [-0.1, -0.05) is 50.0 Å². The number of hydrogen-bond acceptors (Lipinski definition) is 11. The van der Waals surface area contributed by atoms with Crippen LogP contribution >= 0.6 is 0 Å². The maximum absolute atomic E-state index is 14.9. The van der Waals surface area contributed by atoms with Crippen molar-refractivity contribution in [3.8, 4) is 11.6 Å². The highest BCUT2D eigenvalue weighted by atomic mass is 32.2. The van der Waals surface area contributed by atoms with Gasteiger partial charge in [0, 0.05) is 30.7 Å². The fourth-order valence-corrected chi connectivity index (χ4v) is 11.8. The van der Waals surface area contributed by atoms with Crippen molar-refractivity contribution in [3.05, 3.63) is 42.0 Å². The molecule has 5 fully saturated rings. The quantitative estimate of drug-likeness (QED) is 0.236. The Labute approximate surface area is 366 Å². The first-order chi connectivity index (χ1) is 29.9. The molecule has 5 heterocycles. The molecule has 0 radical (unpaired) electrons. The van der Waals surface area contributed by atoms with Gasteiger partial charge in [0.2, 0.25) is 27.7 Å². The zero-order chi connectivity index (χ0) is 43.1. The minimum Gasteiger partial charge on any atom is -0.491 e. The van der Waals surface area contributed by atoms with Crippen molar-refractivity contribution in [2.75, 3.05) is 32.8 Å². The second-order valence-electron chi connectivity index (χ2n) is 19.7. The SMILES string of the molecule is CC1(S(=O)(=O)NC(=O)[C@]23CC(=O)[C@@H]4C[C@@H]5CN4C(=O)[C@H](CCCCC/C=C\[C@@H]2C3)CC(=O)O[C@@H]2C[C@H]2CCCCCc2c(nc3ccccc3c2OCCN2CCCC2)O5)CC1. The predicted molar refractivity (Wildman–Crippen MR) is 233 cm³/mol. The molecule has 0 unspecified atom stereocenters. The molecule has 2 amide bonds. The number of benzene rings is 1. The van der Waals surface area contributed by atoms with Crippen LogP contribution in [0, 0.1) is 23.2 Å². The van der Waals surface area contributed by atoms with Crippen LogP contribution in [0.1, 0.15) is 128 Å². The molecule has 13 nitrogen and oxygen atoms in total. The van der Waals surface area contributed by atoms with Gasteiger partial charge in [0.1, 0.15) is 24.6 Å². The predicted octanol–water partition coefficient (Wildman–Crippen LogP) is 6.60. The highest BCUT2D eigenvalue weighted by Crippen LogP contribution is 2.58. The summed E-state index contributed by atoms with van der Waals surface area (Å²) < 4.78 is 47.6. The Morgan fingerprint density at radius 3 is 2.58 bits per heavy atom. The minimum absolute atomic E-state index is 0.0650. The lowest BCUT2D eigenvalue weighted by molar-refractivity contribution is -0.151. The number of Topliss-reactive ketones (excluding diaryl/α,β-unsaturated/α-hetero) is 1. The van der Waals surface area contributed by atoms with Crippen molar-refractivity contribution >= 4 is 44.5 Å². The van der Waals surface area contributed by atoms with Gasteiger partial charge in [-0.2, -0.15) is 0 Å². The Morgan fingerprint density at radius 2 is 1.76 bits per heavy atom. The normalized spacial score (nSPS) is 32.4. The summed E-state index contributed by atoms with van der Waals surface area (Å²) in [6, 6.07) is 6.99. The molecule has 3 aliphatic carbocycles. The molecule has 62 heavy (non-hydrogen) atoms. The number of hydrogen-bond donors (Lipinski definition) is 1. The lowest BCUT2D eigenvalue weighted by atomic mass is 9.90. The third-order valence-corrected chi connectivity index (χ3v) is 17.2. The number of allylic oxidation sites excluding steroid dienone is 2. The molecule has 7 atom stereocenters. The molecule has 14 heteroatoms. The number of nitrogens with zero attached hydrogens (tertiary/aromatic N) is 3. The fraction of sp³-hybridized carbons (Fsp3) is 0.688. The zero-order valence-electron chi connectivity index (χ0n) is 36.3.